The van der Waals surface area contributed by atoms with E-state index in [0.29, 0.717) is 6.54 Å². The first-order chi connectivity index (χ1) is 8.78. The molecule has 0 saturated carbocycles. The topological polar surface area (TPSA) is 29.3 Å². The molecule has 0 atom stereocenters. The quantitative estimate of drug-likeness (QED) is 0.871. The molecule has 3 rings (SSSR count). The van der Waals surface area contributed by atoms with Crippen LogP contribution in [0.2, 0.25) is 0 Å². The predicted octanol–water partition coefficient (Wildman–Crippen LogP) is 2.97. The molecule has 92 valence electrons. The molecule has 0 radical (unpaired) electrons. The maximum absolute atomic E-state index is 5.68. The molecular formula is C16H18N2. The molecule has 2 nitrogen and oxygen atoms in total. The van der Waals surface area contributed by atoms with Gasteiger partial charge in [0.2, 0.25) is 0 Å². The molecule has 1 aliphatic heterocycles. The fraction of sp³-hybridized carbons (Fsp3) is 0.250. The third kappa shape index (κ3) is 1.89. The van der Waals surface area contributed by atoms with Crippen LogP contribution in [0.25, 0.3) is 0 Å². The lowest BCUT2D eigenvalue weighted by Gasteiger charge is -2.20. The molecule has 2 aromatic carbocycles. The van der Waals surface area contributed by atoms with E-state index in [1.54, 1.807) is 0 Å². The molecule has 0 bridgehead atoms. The number of rotatable bonds is 2. The molecule has 2 N–H and O–H groups in total. The van der Waals surface area contributed by atoms with Crippen molar-refractivity contribution >= 4 is 5.69 Å². The normalized spacial score (nSPS) is 13.8. The van der Waals surface area contributed by atoms with Gasteiger partial charge >= 0.3 is 0 Å². The average Bonchev–Trinajstić information content (AvgIpc) is 2.81. The van der Waals surface area contributed by atoms with Crippen molar-refractivity contribution in [2.75, 3.05) is 4.90 Å². The summed E-state index contributed by atoms with van der Waals surface area (Å²) in [7, 11) is 0. The second-order valence-corrected chi connectivity index (χ2v) is 4.95. The number of benzene rings is 2. The highest BCUT2D eigenvalue weighted by Crippen LogP contribution is 2.30. The van der Waals surface area contributed by atoms with Crippen LogP contribution in [-0.2, 0) is 19.6 Å². The monoisotopic (exact) mass is 238 g/mol. The molecule has 0 spiro atoms. The first-order valence-electron chi connectivity index (χ1n) is 6.39. The number of fused-ring (bicyclic) bond motifs is 1. The molecular weight excluding hydrogens is 220 g/mol. The molecule has 0 unspecified atom stereocenters. The first kappa shape index (κ1) is 11.3. The van der Waals surface area contributed by atoms with E-state index in [-0.39, 0.29) is 0 Å². The molecule has 1 heterocycles. The summed E-state index contributed by atoms with van der Waals surface area (Å²) in [6.45, 7) is 4.80. The van der Waals surface area contributed by atoms with Gasteiger partial charge < -0.3 is 10.6 Å². The molecule has 0 saturated heterocycles. The van der Waals surface area contributed by atoms with Crippen LogP contribution in [-0.4, -0.2) is 0 Å². The van der Waals surface area contributed by atoms with Gasteiger partial charge in [-0.2, -0.15) is 0 Å². The Labute approximate surface area is 108 Å². The zero-order chi connectivity index (χ0) is 12.5. The predicted molar refractivity (Wildman–Crippen MR) is 75.4 cm³/mol. The van der Waals surface area contributed by atoms with E-state index < -0.39 is 0 Å². The summed E-state index contributed by atoms with van der Waals surface area (Å²) in [5, 5.41) is 0. The van der Waals surface area contributed by atoms with Crippen molar-refractivity contribution in [2.45, 2.75) is 26.6 Å². The highest BCUT2D eigenvalue weighted by Gasteiger charge is 2.19. The summed E-state index contributed by atoms with van der Waals surface area (Å²) in [5.41, 5.74) is 12.4. The third-order valence-electron chi connectivity index (χ3n) is 3.68. The Kier molecular flexibility index (Phi) is 2.80. The van der Waals surface area contributed by atoms with E-state index in [9.17, 15) is 0 Å². The standard InChI is InChI=1S/C16H18N2/c1-12-8-13(9-17)6-7-16(12)18-10-14-4-2-3-5-15(14)11-18/h2-8H,9-11,17H2,1H3. The number of hydrogen-bond acceptors (Lipinski definition) is 2. The van der Waals surface area contributed by atoms with Crippen molar-refractivity contribution in [1.82, 2.24) is 0 Å². The van der Waals surface area contributed by atoms with Gasteiger partial charge in [0.05, 0.1) is 0 Å². The fourth-order valence-electron chi connectivity index (χ4n) is 2.70. The van der Waals surface area contributed by atoms with E-state index in [0.717, 1.165) is 13.1 Å². The van der Waals surface area contributed by atoms with Gasteiger partial charge in [0.15, 0.2) is 0 Å². The summed E-state index contributed by atoms with van der Waals surface area (Å²) < 4.78 is 0. The Morgan fingerprint density at radius 1 is 1.06 bits per heavy atom. The van der Waals surface area contributed by atoms with Crippen molar-refractivity contribution in [3.8, 4) is 0 Å². The van der Waals surface area contributed by atoms with Crippen LogP contribution in [0.5, 0.6) is 0 Å². The number of nitrogens with zero attached hydrogens (tertiary/aromatic N) is 1. The Bertz CT molecular complexity index is 550. The van der Waals surface area contributed by atoms with E-state index in [1.807, 2.05) is 0 Å². The van der Waals surface area contributed by atoms with Crippen molar-refractivity contribution in [3.05, 3.63) is 64.7 Å². The molecule has 18 heavy (non-hydrogen) atoms. The van der Waals surface area contributed by atoms with Crippen LogP contribution in [0.3, 0.4) is 0 Å². The number of aryl methyl sites for hydroxylation is 1. The number of hydrogen-bond donors (Lipinski definition) is 1. The summed E-state index contributed by atoms with van der Waals surface area (Å²) in [6.07, 6.45) is 0. The third-order valence-corrected chi connectivity index (χ3v) is 3.68. The summed E-state index contributed by atoms with van der Waals surface area (Å²) >= 11 is 0. The van der Waals surface area contributed by atoms with Gasteiger partial charge in [-0.1, -0.05) is 36.4 Å². The molecule has 0 amide bonds. The fourth-order valence-corrected chi connectivity index (χ4v) is 2.70. The van der Waals surface area contributed by atoms with Crippen LogP contribution in [0.15, 0.2) is 42.5 Å². The minimum atomic E-state index is 0.612. The SMILES string of the molecule is Cc1cc(CN)ccc1N1Cc2ccccc2C1. The van der Waals surface area contributed by atoms with Crippen molar-refractivity contribution in [2.24, 2.45) is 5.73 Å². The summed E-state index contributed by atoms with van der Waals surface area (Å²) in [4.78, 5) is 2.43. The second kappa shape index (κ2) is 4.46. The first-order valence-corrected chi connectivity index (χ1v) is 6.39. The zero-order valence-electron chi connectivity index (χ0n) is 10.7. The van der Waals surface area contributed by atoms with Gasteiger partial charge in [-0.15, -0.1) is 0 Å². The van der Waals surface area contributed by atoms with Gasteiger partial charge in [-0.25, -0.2) is 0 Å². The Balaban J connectivity index is 1.90. The van der Waals surface area contributed by atoms with Gasteiger partial charge in [0.1, 0.15) is 0 Å². The van der Waals surface area contributed by atoms with Crippen LogP contribution >= 0.6 is 0 Å². The van der Waals surface area contributed by atoms with Crippen molar-refractivity contribution in [1.29, 1.82) is 0 Å². The van der Waals surface area contributed by atoms with Crippen LogP contribution in [0, 0.1) is 6.92 Å². The molecule has 2 aromatic rings. The minimum absolute atomic E-state index is 0.612. The number of anilines is 1. The van der Waals surface area contributed by atoms with E-state index in [2.05, 4.69) is 54.3 Å². The average molecular weight is 238 g/mol. The van der Waals surface area contributed by atoms with Crippen LogP contribution in [0.1, 0.15) is 22.3 Å². The maximum Gasteiger partial charge on any atom is 0.0436 e. The van der Waals surface area contributed by atoms with Crippen molar-refractivity contribution in [3.63, 3.8) is 0 Å². The molecule has 1 aliphatic rings. The summed E-state index contributed by atoms with van der Waals surface area (Å²) in [5.74, 6) is 0. The van der Waals surface area contributed by atoms with E-state index >= 15 is 0 Å². The van der Waals surface area contributed by atoms with Gasteiger partial charge in [0.25, 0.3) is 0 Å². The van der Waals surface area contributed by atoms with Crippen LogP contribution < -0.4 is 10.6 Å². The lowest BCUT2D eigenvalue weighted by molar-refractivity contribution is 0.873. The lowest BCUT2D eigenvalue weighted by atomic mass is 10.1. The molecule has 0 aromatic heterocycles. The smallest absolute Gasteiger partial charge is 0.0436 e. The summed E-state index contributed by atoms with van der Waals surface area (Å²) in [6, 6.07) is 15.2. The molecule has 2 heteroatoms. The van der Waals surface area contributed by atoms with Gasteiger partial charge in [0, 0.05) is 25.3 Å². The highest BCUT2D eigenvalue weighted by molar-refractivity contribution is 5.57. The largest absolute Gasteiger partial charge is 0.363 e. The minimum Gasteiger partial charge on any atom is -0.363 e. The second-order valence-electron chi connectivity index (χ2n) is 4.95. The zero-order valence-corrected chi connectivity index (χ0v) is 10.7. The van der Waals surface area contributed by atoms with Crippen LogP contribution in [0.4, 0.5) is 5.69 Å². The molecule has 0 fully saturated rings. The van der Waals surface area contributed by atoms with E-state index in [1.165, 1.54) is 27.9 Å². The van der Waals surface area contributed by atoms with E-state index in [4.69, 9.17) is 5.73 Å². The lowest BCUT2D eigenvalue weighted by Crippen LogP contribution is -2.15. The number of nitrogens with two attached hydrogens (primary N) is 1. The highest BCUT2D eigenvalue weighted by atomic mass is 15.1. The van der Waals surface area contributed by atoms with Crippen molar-refractivity contribution < 1.29 is 0 Å². The Morgan fingerprint density at radius 2 is 1.72 bits per heavy atom. The maximum atomic E-state index is 5.68. The van der Waals surface area contributed by atoms with Gasteiger partial charge in [-0.3, -0.25) is 0 Å². The molecule has 0 aliphatic carbocycles. The van der Waals surface area contributed by atoms with Gasteiger partial charge in [-0.05, 0) is 35.2 Å². The Morgan fingerprint density at radius 3 is 2.28 bits per heavy atom. The Hall–Kier alpha value is -1.80.